The number of nitro groups is 1. The van der Waals surface area contributed by atoms with Crippen LogP contribution in [0.1, 0.15) is 11.3 Å². The summed E-state index contributed by atoms with van der Waals surface area (Å²) in [6, 6.07) is 8.11. The van der Waals surface area contributed by atoms with E-state index < -0.39 is 4.92 Å². The van der Waals surface area contributed by atoms with Crippen LogP contribution in [0.15, 0.2) is 48.1 Å². The SMILES string of the molecule is Cc1ccc([N+](=O)[O-])cc1NC(=O)Cc1csc(-c2cccnc2)n1. The lowest BCUT2D eigenvalue weighted by Crippen LogP contribution is -2.15. The molecule has 0 radical (unpaired) electrons. The summed E-state index contributed by atoms with van der Waals surface area (Å²) in [5.41, 5.74) is 2.67. The number of carbonyl (C=O) groups excluding carboxylic acids is 1. The van der Waals surface area contributed by atoms with E-state index in [1.807, 2.05) is 17.5 Å². The molecule has 2 heterocycles. The van der Waals surface area contributed by atoms with Crippen LogP contribution >= 0.6 is 11.3 Å². The maximum Gasteiger partial charge on any atom is 0.271 e. The molecule has 0 aliphatic rings. The van der Waals surface area contributed by atoms with Crippen LogP contribution < -0.4 is 5.32 Å². The monoisotopic (exact) mass is 354 g/mol. The van der Waals surface area contributed by atoms with Crippen LogP contribution in [0.2, 0.25) is 0 Å². The van der Waals surface area contributed by atoms with Gasteiger partial charge in [-0.1, -0.05) is 6.07 Å². The zero-order chi connectivity index (χ0) is 17.8. The van der Waals surface area contributed by atoms with Gasteiger partial charge in [-0.25, -0.2) is 4.98 Å². The predicted molar refractivity (Wildman–Crippen MR) is 95.5 cm³/mol. The number of hydrogen-bond acceptors (Lipinski definition) is 6. The highest BCUT2D eigenvalue weighted by Gasteiger charge is 2.13. The molecule has 0 aliphatic carbocycles. The highest BCUT2D eigenvalue weighted by Crippen LogP contribution is 2.24. The molecule has 126 valence electrons. The molecule has 1 N–H and O–H groups in total. The number of nitro benzene ring substituents is 1. The summed E-state index contributed by atoms with van der Waals surface area (Å²) in [5.74, 6) is -0.272. The smallest absolute Gasteiger partial charge is 0.271 e. The second-order valence-electron chi connectivity index (χ2n) is 5.37. The highest BCUT2D eigenvalue weighted by atomic mass is 32.1. The Balaban J connectivity index is 1.70. The van der Waals surface area contributed by atoms with Gasteiger partial charge in [0, 0.05) is 35.5 Å². The Labute approximate surface area is 147 Å². The van der Waals surface area contributed by atoms with Gasteiger partial charge in [0.05, 0.1) is 22.7 Å². The minimum Gasteiger partial charge on any atom is -0.325 e. The van der Waals surface area contributed by atoms with Gasteiger partial charge in [-0.15, -0.1) is 11.3 Å². The molecule has 0 atom stereocenters. The van der Waals surface area contributed by atoms with E-state index in [0.29, 0.717) is 11.4 Å². The molecular formula is C17H14N4O3S. The lowest BCUT2D eigenvalue weighted by Gasteiger charge is -2.07. The summed E-state index contributed by atoms with van der Waals surface area (Å²) in [5, 5.41) is 16.2. The van der Waals surface area contributed by atoms with Crippen molar-refractivity contribution >= 4 is 28.6 Å². The van der Waals surface area contributed by atoms with Gasteiger partial charge < -0.3 is 5.32 Å². The maximum absolute atomic E-state index is 12.2. The normalized spacial score (nSPS) is 10.4. The summed E-state index contributed by atoms with van der Waals surface area (Å²) >= 11 is 1.44. The van der Waals surface area contributed by atoms with Gasteiger partial charge in [0.2, 0.25) is 5.91 Å². The van der Waals surface area contributed by atoms with Crippen molar-refractivity contribution in [2.75, 3.05) is 5.32 Å². The van der Waals surface area contributed by atoms with Gasteiger partial charge in [0.25, 0.3) is 5.69 Å². The van der Waals surface area contributed by atoms with Crippen molar-refractivity contribution in [2.24, 2.45) is 0 Å². The standard InChI is InChI=1S/C17H14N4O3S/c1-11-4-5-14(21(23)24)8-15(11)20-16(22)7-13-10-25-17(19-13)12-3-2-6-18-9-12/h2-6,8-10H,7H2,1H3,(H,20,22). The number of rotatable bonds is 5. The fourth-order valence-corrected chi connectivity index (χ4v) is 3.04. The number of hydrogen-bond donors (Lipinski definition) is 1. The molecule has 3 rings (SSSR count). The van der Waals surface area contributed by atoms with Gasteiger partial charge in [-0.3, -0.25) is 19.9 Å². The first kappa shape index (κ1) is 16.7. The molecule has 0 unspecified atom stereocenters. The summed E-state index contributed by atoms with van der Waals surface area (Å²) in [7, 11) is 0. The molecule has 0 aliphatic heterocycles. The predicted octanol–water partition coefficient (Wildman–Crippen LogP) is 3.60. The summed E-state index contributed by atoms with van der Waals surface area (Å²) in [6.07, 6.45) is 3.50. The molecule has 2 aromatic heterocycles. The number of benzene rings is 1. The molecule has 1 aromatic carbocycles. The minimum absolute atomic E-state index is 0.0616. The van der Waals surface area contributed by atoms with Crippen molar-refractivity contribution in [3.05, 3.63) is 69.5 Å². The third kappa shape index (κ3) is 4.04. The fraction of sp³-hybridized carbons (Fsp3) is 0.118. The topological polar surface area (TPSA) is 98.0 Å². The van der Waals surface area contributed by atoms with Crippen molar-refractivity contribution in [3.8, 4) is 10.6 Å². The third-order valence-corrected chi connectivity index (χ3v) is 4.45. The van der Waals surface area contributed by atoms with Crippen LogP contribution in [0.3, 0.4) is 0 Å². The van der Waals surface area contributed by atoms with E-state index in [9.17, 15) is 14.9 Å². The zero-order valence-corrected chi connectivity index (χ0v) is 14.1. The van der Waals surface area contributed by atoms with Gasteiger partial charge in [-0.05, 0) is 24.6 Å². The Kier molecular flexibility index (Phi) is 4.80. The van der Waals surface area contributed by atoms with E-state index in [0.717, 1.165) is 16.1 Å². The molecule has 0 fully saturated rings. The van der Waals surface area contributed by atoms with E-state index in [-0.39, 0.29) is 18.0 Å². The van der Waals surface area contributed by atoms with Gasteiger partial charge >= 0.3 is 0 Å². The molecule has 0 spiro atoms. The lowest BCUT2D eigenvalue weighted by molar-refractivity contribution is -0.384. The average molecular weight is 354 g/mol. The second kappa shape index (κ2) is 7.18. The minimum atomic E-state index is -0.490. The molecular weight excluding hydrogens is 340 g/mol. The van der Waals surface area contributed by atoms with Crippen molar-refractivity contribution in [3.63, 3.8) is 0 Å². The van der Waals surface area contributed by atoms with Crippen LogP contribution in [-0.2, 0) is 11.2 Å². The first-order chi connectivity index (χ1) is 12.0. The molecule has 3 aromatic rings. The third-order valence-electron chi connectivity index (χ3n) is 3.51. The molecule has 0 saturated heterocycles. The van der Waals surface area contributed by atoms with Crippen molar-refractivity contribution in [1.82, 2.24) is 9.97 Å². The quantitative estimate of drug-likeness (QED) is 0.557. The number of nitrogens with one attached hydrogen (secondary N) is 1. The summed E-state index contributed by atoms with van der Waals surface area (Å²) in [6.45, 7) is 1.78. The van der Waals surface area contributed by atoms with Gasteiger partial charge in [0.1, 0.15) is 5.01 Å². The number of amides is 1. The van der Waals surface area contributed by atoms with Crippen LogP contribution in [0.4, 0.5) is 11.4 Å². The molecule has 8 heteroatoms. The Morgan fingerprint density at radius 2 is 2.20 bits per heavy atom. The number of aryl methyl sites for hydroxylation is 1. The number of carbonyl (C=O) groups is 1. The van der Waals surface area contributed by atoms with Gasteiger partial charge in [-0.2, -0.15) is 0 Å². The number of anilines is 1. The number of nitrogens with zero attached hydrogens (tertiary/aromatic N) is 3. The number of non-ortho nitro benzene ring substituents is 1. The van der Waals surface area contributed by atoms with Crippen LogP contribution in [0.25, 0.3) is 10.6 Å². The summed E-state index contributed by atoms with van der Waals surface area (Å²) in [4.78, 5) is 31.1. The second-order valence-corrected chi connectivity index (χ2v) is 6.23. The van der Waals surface area contributed by atoms with E-state index in [1.54, 1.807) is 25.4 Å². The summed E-state index contributed by atoms with van der Waals surface area (Å²) < 4.78 is 0. The average Bonchev–Trinajstić information content (AvgIpc) is 3.06. The Hall–Kier alpha value is -3.13. The number of pyridine rings is 1. The largest absolute Gasteiger partial charge is 0.325 e. The molecule has 0 saturated carbocycles. The molecule has 1 amide bonds. The van der Waals surface area contributed by atoms with E-state index >= 15 is 0 Å². The maximum atomic E-state index is 12.2. The van der Waals surface area contributed by atoms with Crippen molar-refractivity contribution < 1.29 is 9.72 Å². The van der Waals surface area contributed by atoms with Crippen molar-refractivity contribution in [2.45, 2.75) is 13.3 Å². The van der Waals surface area contributed by atoms with Gasteiger partial charge in [0.15, 0.2) is 0 Å². The Morgan fingerprint density at radius 3 is 2.92 bits per heavy atom. The van der Waals surface area contributed by atoms with E-state index in [1.165, 1.54) is 23.5 Å². The fourth-order valence-electron chi connectivity index (χ4n) is 2.23. The zero-order valence-electron chi connectivity index (χ0n) is 13.3. The molecule has 25 heavy (non-hydrogen) atoms. The number of thiazole rings is 1. The van der Waals surface area contributed by atoms with Crippen LogP contribution in [-0.4, -0.2) is 20.8 Å². The lowest BCUT2D eigenvalue weighted by atomic mass is 10.1. The van der Waals surface area contributed by atoms with Crippen molar-refractivity contribution in [1.29, 1.82) is 0 Å². The first-order valence-electron chi connectivity index (χ1n) is 7.42. The number of aromatic nitrogens is 2. The first-order valence-corrected chi connectivity index (χ1v) is 8.30. The van der Waals surface area contributed by atoms with E-state index in [4.69, 9.17) is 0 Å². The van der Waals surface area contributed by atoms with Crippen LogP contribution in [0, 0.1) is 17.0 Å². The molecule has 7 nitrogen and oxygen atoms in total. The van der Waals surface area contributed by atoms with Crippen LogP contribution in [0.5, 0.6) is 0 Å². The Bertz CT molecular complexity index is 925. The molecule has 0 bridgehead atoms. The van der Waals surface area contributed by atoms with E-state index in [2.05, 4.69) is 15.3 Å². The highest BCUT2D eigenvalue weighted by molar-refractivity contribution is 7.13. The Morgan fingerprint density at radius 1 is 1.36 bits per heavy atom.